The smallest absolute Gasteiger partial charge is 0.318 e. The minimum atomic E-state index is -0.241. The van der Waals surface area contributed by atoms with Crippen LogP contribution in [-0.2, 0) is 6.54 Å². The number of aryl methyl sites for hydroxylation is 2. The molecule has 0 aliphatic rings. The largest absolute Gasteiger partial charge is 0.497 e. The molecule has 5 nitrogen and oxygen atoms in total. The average Bonchev–Trinajstić information content (AvgIpc) is 2.99. The van der Waals surface area contributed by atoms with Crippen LogP contribution in [0.1, 0.15) is 35.4 Å². The third-order valence-corrected chi connectivity index (χ3v) is 4.93. The number of rotatable bonds is 5. The highest BCUT2D eigenvalue weighted by Crippen LogP contribution is 2.32. The first-order valence-corrected chi connectivity index (χ1v) is 9.04. The number of nitrogens with one attached hydrogen (secondary N) is 1. The topological polar surface area (TPSA) is 54.7 Å². The Labute approximate surface area is 159 Å². The zero-order chi connectivity index (χ0) is 19.6. The Morgan fingerprint density at radius 1 is 1.22 bits per heavy atom. The summed E-state index contributed by atoms with van der Waals surface area (Å²) in [6.07, 6.45) is 0. The molecule has 1 N–H and O–H groups in total. The van der Waals surface area contributed by atoms with Crippen LogP contribution < -0.4 is 10.1 Å². The van der Waals surface area contributed by atoms with Gasteiger partial charge in [0, 0.05) is 24.5 Å². The van der Waals surface area contributed by atoms with Crippen molar-refractivity contribution >= 4 is 17.0 Å². The molecule has 0 saturated heterocycles. The molecular weight excluding hydrogens is 340 g/mol. The van der Waals surface area contributed by atoms with Crippen molar-refractivity contribution in [2.24, 2.45) is 0 Å². The summed E-state index contributed by atoms with van der Waals surface area (Å²) in [6, 6.07) is 13.4. The molecule has 2 aromatic carbocycles. The van der Waals surface area contributed by atoms with E-state index in [1.807, 2.05) is 50.2 Å². The molecule has 0 bridgehead atoms. The predicted octanol–water partition coefficient (Wildman–Crippen LogP) is 4.96. The van der Waals surface area contributed by atoms with E-state index in [0.717, 1.165) is 33.6 Å². The summed E-state index contributed by atoms with van der Waals surface area (Å²) in [5, 5.41) is 4.03. The Morgan fingerprint density at radius 3 is 2.67 bits per heavy atom. The summed E-state index contributed by atoms with van der Waals surface area (Å²) in [5.74, 6) is 1.54. The summed E-state index contributed by atoms with van der Waals surface area (Å²) < 4.78 is 11.3. The SMILES string of the molecule is COc1ccc2oc(C(C)NC(=O)N(C)Cc3ccccc3C)c(C)c2c1. The van der Waals surface area contributed by atoms with Crippen molar-refractivity contribution in [2.45, 2.75) is 33.4 Å². The lowest BCUT2D eigenvalue weighted by molar-refractivity contribution is 0.202. The number of carbonyl (C=O) groups excluding carboxylic acids is 1. The molecule has 142 valence electrons. The van der Waals surface area contributed by atoms with Gasteiger partial charge < -0.3 is 19.4 Å². The lowest BCUT2D eigenvalue weighted by atomic mass is 10.1. The van der Waals surface area contributed by atoms with Gasteiger partial charge in [-0.25, -0.2) is 4.79 Å². The summed E-state index contributed by atoms with van der Waals surface area (Å²) in [4.78, 5) is 14.3. The highest BCUT2D eigenvalue weighted by Gasteiger charge is 2.20. The normalized spacial score (nSPS) is 12.0. The van der Waals surface area contributed by atoms with E-state index in [1.165, 1.54) is 5.56 Å². The molecule has 1 aromatic heterocycles. The molecule has 1 unspecified atom stereocenters. The van der Waals surface area contributed by atoms with Gasteiger partial charge in [-0.15, -0.1) is 0 Å². The van der Waals surface area contributed by atoms with Crippen molar-refractivity contribution in [1.29, 1.82) is 0 Å². The van der Waals surface area contributed by atoms with E-state index < -0.39 is 0 Å². The molecule has 0 aliphatic carbocycles. The number of hydrogen-bond acceptors (Lipinski definition) is 3. The van der Waals surface area contributed by atoms with Crippen molar-refractivity contribution in [3.05, 3.63) is 64.9 Å². The van der Waals surface area contributed by atoms with Gasteiger partial charge in [-0.05, 0) is 50.1 Å². The van der Waals surface area contributed by atoms with E-state index >= 15 is 0 Å². The van der Waals surface area contributed by atoms with Gasteiger partial charge in [-0.3, -0.25) is 0 Å². The van der Waals surface area contributed by atoms with Gasteiger partial charge in [0.25, 0.3) is 0 Å². The van der Waals surface area contributed by atoms with Gasteiger partial charge in [0.1, 0.15) is 17.1 Å². The molecule has 0 aliphatic heterocycles. The van der Waals surface area contributed by atoms with Crippen LogP contribution in [0.3, 0.4) is 0 Å². The number of carbonyl (C=O) groups is 1. The van der Waals surface area contributed by atoms with E-state index in [4.69, 9.17) is 9.15 Å². The van der Waals surface area contributed by atoms with Gasteiger partial charge in [0.15, 0.2) is 0 Å². The third kappa shape index (κ3) is 3.92. The maximum absolute atomic E-state index is 12.6. The number of furan rings is 1. The Balaban J connectivity index is 1.73. The van der Waals surface area contributed by atoms with Crippen molar-refractivity contribution in [3.8, 4) is 5.75 Å². The van der Waals surface area contributed by atoms with E-state index in [1.54, 1.807) is 19.1 Å². The second kappa shape index (κ2) is 7.74. The lowest BCUT2D eigenvalue weighted by Crippen LogP contribution is -2.38. The van der Waals surface area contributed by atoms with Crippen molar-refractivity contribution in [1.82, 2.24) is 10.2 Å². The van der Waals surface area contributed by atoms with E-state index in [2.05, 4.69) is 18.3 Å². The molecule has 0 spiro atoms. The summed E-state index contributed by atoms with van der Waals surface area (Å²) in [7, 11) is 3.44. The maximum Gasteiger partial charge on any atom is 0.318 e. The Kier molecular flexibility index (Phi) is 5.40. The molecule has 27 heavy (non-hydrogen) atoms. The van der Waals surface area contributed by atoms with Gasteiger partial charge in [-0.2, -0.15) is 0 Å². The minimum Gasteiger partial charge on any atom is -0.497 e. The fourth-order valence-electron chi connectivity index (χ4n) is 3.23. The number of benzene rings is 2. The molecule has 3 aromatic rings. The summed E-state index contributed by atoms with van der Waals surface area (Å²) in [5.41, 5.74) is 4.11. The molecule has 1 atom stereocenters. The van der Waals surface area contributed by atoms with Crippen LogP contribution in [0.2, 0.25) is 0 Å². The molecule has 0 radical (unpaired) electrons. The number of amides is 2. The quantitative estimate of drug-likeness (QED) is 0.694. The van der Waals surface area contributed by atoms with Crippen LogP contribution in [0.4, 0.5) is 4.79 Å². The Bertz CT molecular complexity index is 961. The first-order chi connectivity index (χ1) is 12.9. The number of fused-ring (bicyclic) bond motifs is 1. The van der Waals surface area contributed by atoms with Crippen molar-refractivity contribution < 1.29 is 13.9 Å². The molecule has 1 heterocycles. The van der Waals surface area contributed by atoms with Gasteiger partial charge in [-0.1, -0.05) is 24.3 Å². The monoisotopic (exact) mass is 366 g/mol. The molecule has 5 heteroatoms. The van der Waals surface area contributed by atoms with Gasteiger partial charge in [0.2, 0.25) is 0 Å². The van der Waals surface area contributed by atoms with E-state index in [9.17, 15) is 4.79 Å². The van der Waals surface area contributed by atoms with Crippen molar-refractivity contribution in [2.75, 3.05) is 14.2 Å². The molecule has 0 fully saturated rings. The predicted molar refractivity (Wildman–Crippen MR) is 107 cm³/mol. The number of nitrogens with zero attached hydrogens (tertiary/aromatic N) is 1. The average molecular weight is 366 g/mol. The lowest BCUT2D eigenvalue weighted by Gasteiger charge is -2.21. The Morgan fingerprint density at radius 2 is 1.96 bits per heavy atom. The number of methoxy groups -OCH3 is 1. The van der Waals surface area contributed by atoms with Crippen molar-refractivity contribution in [3.63, 3.8) is 0 Å². The number of ether oxygens (including phenoxy) is 1. The number of hydrogen-bond donors (Lipinski definition) is 1. The fraction of sp³-hybridized carbons (Fsp3) is 0.318. The van der Waals surface area contributed by atoms with Crippen LogP contribution >= 0.6 is 0 Å². The molecule has 0 saturated carbocycles. The second-order valence-electron chi connectivity index (χ2n) is 6.91. The number of urea groups is 1. The van der Waals surface area contributed by atoms with Gasteiger partial charge in [0.05, 0.1) is 13.2 Å². The summed E-state index contributed by atoms with van der Waals surface area (Å²) in [6.45, 7) is 6.54. The maximum atomic E-state index is 12.6. The highest BCUT2D eigenvalue weighted by molar-refractivity contribution is 5.84. The molecule has 2 amide bonds. The molecule has 3 rings (SSSR count). The highest BCUT2D eigenvalue weighted by atomic mass is 16.5. The minimum absolute atomic E-state index is 0.136. The van der Waals surface area contributed by atoms with E-state index in [-0.39, 0.29) is 12.1 Å². The zero-order valence-electron chi connectivity index (χ0n) is 16.5. The van der Waals surface area contributed by atoms with Crippen LogP contribution in [0.5, 0.6) is 5.75 Å². The first-order valence-electron chi connectivity index (χ1n) is 9.04. The van der Waals surface area contributed by atoms with Crippen LogP contribution in [0.25, 0.3) is 11.0 Å². The zero-order valence-corrected chi connectivity index (χ0v) is 16.5. The van der Waals surface area contributed by atoms with Crippen LogP contribution in [0.15, 0.2) is 46.9 Å². The van der Waals surface area contributed by atoms with E-state index in [0.29, 0.717) is 6.54 Å². The Hall–Kier alpha value is -2.95. The first kappa shape index (κ1) is 18.8. The molecular formula is C22H26N2O3. The standard InChI is InChI=1S/C22H26N2O3/c1-14-8-6-7-9-17(14)13-24(4)22(25)23-16(3)21-15(2)19-12-18(26-5)10-11-20(19)27-21/h6-12,16H,13H2,1-5H3,(H,23,25). The fourth-order valence-corrected chi connectivity index (χ4v) is 3.23. The van der Waals surface area contributed by atoms with Gasteiger partial charge >= 0.3 is 6.03 Å². The second-order valence-corrected chi connectivity index (χ2v) is 6.91. The van der Waals surface area contributed by atoms with Crippen LogP contribution in [0, 0.1) is 13.8 Å². The van der Waals surface area contributed by atoms with Crippen LogP contribution in [-0.4, -0.2) is 25.1 Å². The summed E-state index contributed by atoms with van der Waals surface area (Å²) >= 11 is 0. The third-order valence-electron chi connectivity index (χ3n) is 4.93.